The van der Waals surface area contributed by atoms with E-state index in [9.17, 15) is 18.0 Å². The summed E-state index contributed by atoms with van der Waals surface area (Å²) in [7, 11) is 0. The van der Waals surface area contributed by atoms with Gasteiger partial charge in [-0.3, -0.25) is 4.90 Å². The molecule has 1 fully saturated rings. The first-order valence-corrected chi connectivity index (χ1v) is 6.27. The Balaban J connectivity index is 2.52. The summed E-state index contributed by atoms with van der Waals surface area (Å²) in [5, 5.41) is 0. The zero-order valence-corrected chi connectivity index (χ0v) is 11.8. The third kappa shape index (κ3) is 5.67. The molecule has 7 heteroatoms. The van der Waals surface area contributed by atoms with Crippen LogP contribution in [0, 0.1) is 0 Å². The van der Waals surface area contributed by atoms with Crippen LogP contribution in [0.4, 0.5) is 18.0 Å². The van der Waals surface area contributed by atoms with Gasteiger partial charge in [0.2, 0.25) is 0 Å². The number of hydrogen-bond acceptors (Lipinski definition) is 3. The summed E-state index contributed by atoms with van der Waals surface area (Å²) in [4.78, 5) is 14.6. The molecule has 1 amide bonds. The lowest BCUT2D eigenvalue weighted by Gasteiger charge is -2.40. The van der Waals surface area contributed by atoms with Crippen molar-refractivity contribution >= 4 is 6.09 Å². The third-order valence-corrected chi connectivity index (χ3v) is 2.80. The second-order valence-corrected chi connectivity index (χ2v) is 5.86. The fourth-order valence-corrected chi connectivity index (χ4v) is 1.95. The Labute approximate surface area is 111 Å². The Morgan fingerprint density at radius 2 is 1.84 bits per heavy atom. The van der Waals surface area contributed by atoms with Crippen LogP contribution in [0.1, 0.15) is 27.7 Å². The average Bonchev–Trinajstić information content (AvgIpc) is 2.16. The molecule has 0 N–H and O–H groups in total. The summed E-state index contributed by atoms with van der Waals surface area (Å²) in [6, 6.07) is -0.331. The molecule has 1 rings (SSSR count). The molecule has 0 aromatic heterocycles. The maximum absolute atomic E-state index is 12.3. The van der Waals surface area contributed by atoms with Crippen molar-refractivity contribution < 1.29 is 22.7 Å². The van der Waals surface area contributed by atoms with Gasteiger partial charge in [0.1, 0.15) is 5.60 Å². The number of rotatable bonds is 1. The number of nitrogens with zero attached hydrogens (tertiary/aromatic N) is 2. The lowest BCUT2D eigenvalue weighted by Crippen LogP contribution is -2.56. The molecule has 0 aromatic carbocycles. The Bertz CT molecular complexity index is 326. The monoisotopic (exact) mass is 282 g/mol. The first-order chi connectivity index (χ1) is 8.48. The number of hydrogen-bond donors (Lipinski definition) is 0. The van der Waals surface area contributed by atoms with Crippen LogP contribution in [-0.4, -0.2) is 59.9 Å². The molecular weight excluding hydrogens is 261 g/mol. The van der Waals surface area contributed by atoms with E-state index in [0.717, 1.165) is 0 Å². The second kappa shape index (κ2) is 5.56. The number of piperazine rings is 1. The molecule has 0 saturated carbocycles. The van der Waals surface area contributed by atoms with Crippen LogP contribution in [0.5, 0.6) is 0 Å². The van der Waals surface area contributed by atoms with E-state index in [2.05, 4.69) is 0 Å². The Hall–Kier alpha value is -0.980. The second-order valence-electron chi connectivity index (χ2n) is 5.86. The van der Waals surface area contributed by atoms with Gasteiger partial charge in [0.05, 0.1) is 6.54 Å². The van der Waals surface area contributed by atoms with E-state index >= 15 is 0 Å². The highest BCUT2D eigenvalue weighted by Crippen LogP contribution is 2.21. The molecule has 0 aliphatic carbocycles. The quantitative estimate of drug-likeness (QED) is 0.741. The van der Waals surface area contributed by atoms with Gasteiger partial charge in [0.25, 0.3) is 0 Å². The van der Waals surface area contributed by atoms with Crippen molar-refractivity contribution in [2.45, 2.75) is 45.5 Å². The molecule has 19 heavy (non-hydrogen) atoms. The molecule has 1 saturated heterocycles. The zero-order valence-electron chi connectivity index (χ0n) is 11.8. The van der Waals surface area contributed by atoms with Gasteiger partial charge < -0.3 is 9.64 Å². The lowest BCUT2D eigenvalue weighted by atomic mass is 10.2. The van der Waals surface area contributed by atoms with Gasteiger partial charge in [-0.15, -0.1) is 0 Å². The topological polar surface area (TPSA) is 32.8 Å². The van der Waals surface area contributed by atoms with Gasteiger partial charge >= 0.3 is 12.3 Å². The van der Waals surface area contributed by atoms with E-state index in [1.165, 1.54) is 9.80 Å². The van der Waals surface area contributed by atoms with E-state index < -0.39 is 24.4 Å². The molecule has 0 aromatic rings. The van der Waals surface area contributed by atoms with Crippen molar-refractivity contribution in [3.05, 3.63) is 0 Å². The third-order valence-electron chi connectivity index (χ3n) is 2.80. The molecule has 112 valence electrons. The van der Waals surface area contributed by atoms with Gasteiger partial charge in [-0.2, -0.15) is 13.2 Å². The first kappa shape index (κ1) is 16.1. The number of amides is 1. The number of carbonyl (C=O) groups excluding carboxylic acids is 1. The molecule has 1 aliphatic rings. The molecule has 1 atom stereocenters. The summed E-state index contributed by atoms with van der Waals surface area (Å²) in [5.74, 6) is 0. The van der Waals surface area contributed by atoms with Crippen molar-refractivity contribution in [2.24, 2.45) is 0 Å². The number of carbonyl (C=O) groups is 1. The molecular formula is C12H21F3N2O2. The first-order valence-electron chi connectivity index (χ1n) is 6.27. The van der Waals surface area contributed by atoms with Gasteiger partial charge in [-0.1, -0.05) is 0 Å². The number of halogens is 3. The molecule has 1 unspecified atom stereocenters. The molecule has 1 aliphatic heterocycles. The summed E-state index contributed by atoms with van der Waals surface area (Å²) in [5.41, 5.74) is -0.594. The lowest BCUT2D eigenvalue weighted by molar-refractivity contribution is -0.154. The Kier molecular flexibility index (Phi) is 4.71. The molecule has 0 bridgehead atoms. The van der Waals surface area contributed by atoms with Gasteiger partial charge in [-0.05, 0) is 27.7 Å². The van der Waals surface area contributed by atoms with Crippen LogP contribution >= 0.6 is 0 Å². The summed E-state index contributed by atoms with van der Waals surface area (Å²) in [6.07, 6.45) is -4.67. The van der Waals surface area contributed by atoms with E-state index in [-0.39, 0.29) is 25.7 Å². The van der Waals surface area contributed by atoms with Crippen molar-refractivity contribution in [1.29, 1.82) is 0 Å². The summed E-state index contributed by atoms with van der Waals surface area (Å²) in [6.45, 7) is 6.75. The van der Waals surface area contributed by atoms with Crippen molar-refractivity contribution in [1.82, 2.24) is 9.80 Å². The van der Waals surface area contributed by atoms with Crippen molar-refractivity contribution in [3.8, 4) is 0 Å². The highest BCUT2D eigenvalue weighted by atomic mass is 19.4. The minimum atomic E-state index is -4.21. The van der Waals surface area contributed by atoms with Crippen LogP contribution in [-0.2, 0) is 4.74 Å². The zero-order chi connectivity index (χ0) is 14.8. The molecule has 0 radical (unpaired) electrons. The highest BCUT2D eigenvalue weighted by molar-refractivity contribution is 5.68. The minimum absolute atomic E-state index is 0.208. The Morgan fingerprint density at radius 3 is 2.26 bits per heavy atom. The predicted octanol–water partition coefficient (Wildman–Crippen LogP) is 2.49. The van der Waals surface area contributed by atoms with E-state index in [4.69, 9.17) is 4.74 Å². The van der Waals surface area contributed by atoms with Crippen molar-refractivity contribution in [2.75, 3.05) is 26.2 Å². The van der Waals surface area contributed by atoms with Gasteiger partial charge in [0.15, 0.2) is 0 Å². The summed E-state index contributed by atoms with van der Waals surface area (Å²) < 4.78 is 42.2. The van der Waals surface area contributed by atoms with Crippen LogP contribution in [0.2, 0.25) is 0 Å². The maximum Gasteiger partial charge on any atom is 0.410 e. The molecule has 0 spiro atoms. The van der Waals surface area contributed by atoms with Crippen LogP contribution in [0.3, 0.4) is 0 Å². The SMILES string of the molecule is CC1CN(C(=O)OC(C)(C)C)CCN1CC(F)(F)F. The summed E-state index contributed by atoms with van der Waals surface area (Å²) >= 11 is 0. The van der Waals surface area contributed by atoms with Crippen molar-refractivity contribution in [3.63, 3.8) is 0 Å². The van der Waals surface area contributed by atoms with E-state index in [1.54, 1.807) is 27.7 Å². The highest BCUT2D eigenvalue weighted by Gasteiger charge is 2.36. The standard InChI is InChI=1S/C12H21F3N2O2/c1-9-7-16(10(18)19-11(2,3)4)5-6-17(9)8-12(13,14)15/h9H,5-8H2,1-4H3. The molecule has 1 heterocycles. The Morgan fingerprint density at radius 1 is 1.26 bits per heavy atom. The van der Waals surface area contributed by atoms with E-state index in [1.807, 2.05) is 0 Å². The van der Waals surface area contributed by atoms with Gasteiger partial charge in [-0.25, -0.2) is 4.79 Å². The predicted molar refractivity (Wildman–Crippen MR) is 64.9 cm³/mol. The fraction of sp³-hybridized carbons (Fsp3) is 0.917. The average molecular weight is 282 g/mol. The van der Waals surface area contributed by atoms with Crippen LogP contribution in [0.15, 0.2) is 0 Å². The number of ether oxygens (including phenoxy) is 1. The smallest absolute Gasteiger partial charge is 0.410 e. The minimum Gasteiger partial charge on any atom is -0.444 e. The maximum atomic E-state index is 12.3. The van der Waals surface area contributed by atoms with Gasteiger partial charge in [0, 0.05) is 25.7 Å². The van der Waals surface area contributed by atoms with Crippen LogP contribution < -0.4 is 0 Å². The largest absolute Gasteiger partial charge is 0.444 e. The fourth-order valence-electron chi connectivity index (χ4n) is 1.95. The van der Waals surface area contributed by atoms with E-state index in [0.29, 0.717) is 0 Å². The molecule has 4 nitrogen and oxygen atoms in total. The van der Waals surface area contributed by atoms with Crippen LogP contribution in [0.25, 0.3) is 0 Å². The number of alkyl halides is 3. The normalized spacial score (nSPS) is 22.5.